The molecular formula is C19H18N4O6S2. The number of carboxylic acids is 1. The Morgan fingerprint density at radius 2 is 2.16 bits per heavy atom. The van der Waals surface area contributed by atoms with Crippen molar-refractivity contribution in [3.8, 4) is 0 Å². The number of β-lactam (4-membered cyclic amide) rings is 1. The molecule has 2 N–H and O–H groups in total. The molecule has 0 radical (unpaired) electrons. The molecule has 2 aromatic rings. The van der Waals surface area contributed by atoms with E-state index in [1.54, 1.807) is 7.05 Å². The van der Waals surface area contributed by atoms with E-state index >= 15 is 0 Å². The number of carboxylic acid groups (broad SMARTS) is 1. The summed E-state index contributed by atoms with van der Waals surface area (Å²) in [5, 5.41) is 18.1. The predicted molar refractivity (Wildman–Crippen MR) is 112 cm³/mol. The molecule has 0 saturated carbocycles. The van der Waals surface area contributed by atoms with Crippen molar-refractivity contribution in [1.82, 2.24) is 20.0 Å². The molecule has 2 aliphatic rings. The number of amides is 2. The smallest absolute Gasteiger partial charge is 0.356 e. The van der Waals surface area contributed by atoms with E-state index in [1.807, 2.05) is 17.5 Å². The van der Waals surface area contributed by atoms with Gasteiger partial charge in [0.05, 0.1) is 19.2 Å². The summed E-state index contributed by atoms with van der Waals surface area (Å²) in [6.07, 6.45) is 0.163. The van der Waals surface area contributed by atoms with Crippen molar-refractivity contribution in [1.29, 1.82) is 0 Å². The molecule has 2 amide bonds. The van der Waals surface area contributed by atoms with Crippen LogP contribution in [0.3, 0.4) is 0 Å². The van der Waals surface area contributed by atoms with Gasteiger partial charge in [-0.1, -0.05) is 6.07 Å². The van der Waals surface area contributed by atoms with Crippen LogP contribution < -0.4 is 5.32 Å². The number of aromatic nitrogens is 2. The number of thioether (sulfide) groups is 1. The Balaban J connectivity index is 1.57. The van der Waals surface area contributed by atoms with Gasteiger partial charge in [-0.15, -0.1) is 23.1 Å². The molecule has 2 atom stereocenters. The van der Waals surface area contributed by atoms with Gasteiger partial charge in [0, 0.05) is 23.3 Å². The molecule has 2 aromatic heterocycles. The third kappa shape index (κ3) is 3.72. The number of carbonyl (C=O) groups is 4. The summed E-state index contributed by atoms with van der Waals surface area (Å²) in [6, 6.07) is 4.33. The van der Waals surface area contributed by atoms with Crippen molar-refractivity contribution in [3.05, 3.63) is 45.5 Å². The van der Waals surface area contributed by atoms with Crippen LogP contribution in [0.5, 0.6) is 0 Å². The minimum Gasteiger partial charge on any atom is -0.477 e. The molecule has 2 aliphatic heterocycles. The average molecular weight is 463 g/mol. The van der Waals surface area contributed by atoms with Crippen molar-refractivity contribution in [2.75, 3.05) is 12.9 Å². The highest BCUT2D eigenvalue weighted by molar-refractivity contribution is 8.00. The first-order valence-electron chi connectivity index (χ1n) is 9.17. The molecule has 1 fully saturated rings. The minimum absolute atomic E-state index is 0.163. The maximum Gasteiger partial charge on any atom is 0.356 e. The zero-order valence-corrected chi connectivity index (χ0v) is 18.2. The number of aliphatic carboxylic acids is 1. The van der Waals surface area contributed by atoms with Gasteiger partial charge in [0.1, 0.15) is 22.8 Å². The Kier molecular flexibility index (Phi) is 5.58. The van der Waals surface area contributed by atoms with Crippen LogP contribution in [0.15, 0.2) is 29.3 Å². The summed E-state index contributed by atoms with van der Waals surface area (Å²) < 4.78 is 6.01. The summed E-state index contributed by atoms with van der Waals surface area (Å²) in [5.41, 5.74) is 0.586. The van der Waals surface area contributed by atoms with Gasteiger partial charge < -0.3 is 15.2 Å². The van der Waals surface area contributed by atoms with E-state index in [0.717, 1.165) is 4.88 Å². The Morgan fingerprint density at radius 1 is 1.39 bits per heavy atom. The lowest BCUT2D eigenvalue weighted by molar-refractivity contribution is -0.150. The number of nitrogens with one attached hydrogen (secondary N) is 1. The molecule has 12 heteroatoms. The molecule has 0 aromatic carbocycles. The molecular weight excluding hydrogens is 444 g/mol. The van der Waals surface area contributed by atoms with E-state index in [1.165, 1.54) is 45.9 Å². The number of ether oxygens (including phenoxy) is 1. The van der Waals surface area contributed by atoms with E-state index in [-0.39, 0.29) is 35.2 Å². The largest absolute Gasteiger partial charge is 0.477 e. The summed E-state index contributed by atoms with van der Waals surface area (Å²) in [6.45, 7) is 0. The Bertz CT molecular complexity index is 1110. The number of rotatable bonds is 6. The zero-order valence-electron chi connectivity index (χ0n) is 16.5. The van der Waals surface area contributed by atoms with Crippen molar-refractivity contribution < 1.29 is 29.0 Å². The van der Waals surface area contributed by atoms with Crippen molar-refractivity contribution >= 4 is 52.4 Å². The normalized spacial score (nSPS) is 20.2. The van der Waals surface area contributed by atoms with Crippen LogP contribution >= 0.6 is 23.1 Å². The van der Waals surface area contributed by atoms with Gasteiger partial charge in [0.15, 0.2) is 0 Å². The van der Waals surface area contributed by atoms with Crippen LogP contribution in [0.4, 0.5) is 0 Å². The molecule has 0 aliphatic carbocycles. The summed E-state index contributed by atoms with van der Waals surface area (Å²) in [7, 11) is 2.78. The number of nitrogens with zero attached hydrogens (tertiary/aromatic N) is 3. The average Bonchev–Trinajstić information content (AvgIpc) is 3.39. The van der Waals surface area contributed by atoms with Crippen molar-refractivity contribution in [3.63, 3.8) is 0 Å². The second-order valence-corrected chi connectivity index (χ2v) is 9.01. The van der Waals surface area contributed by atoms with E-state index in [4.69, 9.17) is 4.74 Å². The third-order valence-electron chi connectivity index (χ3n) is 4.99. The number of hydrogen-bond donors (Lipinski definition) is 2. The van der Waals surface area contributed by atoms with Crippen LogP contribution in [0.1, 0.15) is 21.1 Å². The van der Waals surface area contributed by atoms with E-state index in [9.17, 15) is 24.3 Å². The maximum atomic E-state index is 12.8. The number of carbonyl (C=O) groups excluding carboxylic acids is 3. The number of thiophene rings is 1. The summed E-state index contributed by atoms with van der Waals surface area (Å²) in [5.74, 6) is -2.41. The second kappa shape index (κ2) is 8.19. The van der Waals surface area contributed by atoms with Crippen molar-refractivity contribution in [2.24, 2.45) is 7.05 Å². The third-order valence-corrected chi connectivity index (χ3v) is 7.14. The number of esters is 1. The highest BCUT2D eigenvalue weighted by Crippen LogP contribution is 2.43. The van der Waals surface area contributed by atoms with E-state index < -0.39 is 29.3 Å². The lowest BCUT2D eigenvalue weighted by Crippen LogP contribution is -2.70. The highest BCUT2D eigenvalue weighted by Gasteiger charge is 2.54. The highest BCUT2D eigenvalue weighted by atomic mass is 32.2. The second-order valence-electron chi connectivity index (χ2n) is 6.87. The van der Waals surface area contributed by atoms with Gasteiger partial charge in [-0.25, -0.2) is 9.59 Å². The molecule has 0 bridgehead atoms. The summed E-state index contributed by atoms with van der Waals surface area (Å²) >= 11 is 2.78. The van der Waals surface area contributed by atoms with E-state index in [2.05, 4.69) is 10.4 Å². The van der Waals surface area contributed by atoms with Gasteiger partial charge in [-0.3, -0.25) is 19.2 Å². The number of methoxy groups -OCH3 is 1. The Morgan fingerprint density at radius 3 is 2.81 bits per heavy atom. The first-order chi connectivity index (χ1) is 14.8. The van der Waals surface area contributed by atoms with Crippen molar-refractivity contribution in [2.45, 2.75) is 17.8 Å². The van der Waals surface area contributed by atoms with E-state index in [0.29, 0.717) is 5.57 Å². The Labute approximate surface area is 184 Å². The summed E-state index contributed by atoms with van der Waals surface area (Å²) in [4.78, 5) is 51.0. The fraction of sp³-hybridized carbons (Fsp3) is 0.316. The van der Waals surface area contributed by atoms with Crippen LogP contribution in [0, 0.1) is 0 Å². The van der Waals surface area contributed by atoms with Gasteiger partial charge in [-0.2, -0.15) is 5.10 Å². The number of fused-ring (bicyclic) bond motifs is 1. The minimum atomic E-state index is -1.28. The molecule has 0 unspecified atom stereocenters. The lowest BCUT2D eigenvalue weighted by Gasteiger charge is -2.49. The fourth-order valence-electron chi connectivity index (χ4n) is 3.52. The quantitative estimate of drug-likeness (QED) is 0.474. The first-order valence-corrected chi connectivity index (χ1v) is 11.1. The monoisotopic (exact) mass is 462 g/mol. The van der Waals surface area contributed by atoms with Crippen LogP contribution in [-0.2, 0) is 32.6 Å². The van der Waals surface area contributed by atoms with Gasteiger partial charge in [0.2, 0.25) is 5.91 Å². The van der Waals surface area contributed by atoms with Crippen LogP contribution in [-0.4, -0.2) is 67.8 Å². The Hall–Kier alpha value is -3.12. The number of hydrogen-bond acceptors (Lipinski definition) is 8. The number of aryl methyl sites for hydroxylation is 1. The van der Waals surface area contributed by atoms with Crippen LogP contribution in [0.25, 0.3) is 5.57 Å². The molecule has 10 nitrogen and oxygen atoms in total. The fourth-order valence-corrected chi connectivity index (χ4v) is 5.58. The molecule has 0 spiro atoms. The standard InChI is InChI=1S/C19H18N4O6S2/c1-22-12(19(28)29-2)7-11(21-22)10-8-31-17-14(16(25)23(17)15(10)18(26)27)20-13(24)6-9-4-3-5-30-9/h3-5,7,14,17H,6,8H2,1-2H3,(H,20,24)(H,26,27)/t14-,17-/m1/s1. The molecule has 4 heterocycles. The predicted octanol–water partition coefficient (Wildman–Crippen LogP) is 0.706. The zero-order chi connectivity index (χ0) is 22.3. The first kappa shape index (κ1) is 21.1. The van der Waals surface area contributed by atoms with Gasteiger partial charge in [-0.05, 0) is 17.5 Å². The van der Waals surface area contributed by atoms with Gasteiger partial charge >= 0.3 is 11.9 Å². The molecule has 162 valence electrons. The lowest BCUT2D eigenvalue weighted by atomic mass is 10.0. The molecule has 1 saturated heterocycles. The molecule has 31 heavy (non-hydrogen) atoms. The molecule has 4 rings (SSSR count). The van der Waals surface area contributed by atoms with Crippen LogP contribution in [0.2, 0.25) is 0 Å². The van der Waals surface area contributed by atoms with Gasteiger partial charge in [0.25, 0.3) is 5.91 Å². The maximum absolute atomic E-state index is 12.8. The SMILES string of the molecule is COC(=O)c1cc(C2=C(C(=O)O)N3C(=O)[C@@H](NC(=O)Cc4cccs4)[C@H]3SC2)nn1C. The topological polar surface area (TPSA) is 131 Å².